The Morgan fingerprint density at radius 3 is 2.81 bits per heavy atom. The van der Waals surface area contributed by atoms with Gasteiger partial charge in [-0.2, -0.15) is 0 Å². The van der Waals surface area contributed by atoms with E-state index in [1.165, 1.54) is 17.7 Å². The van der Waals surface area contributed by atoms with E-state index >= 15 is 0 Å². The fraction of sp³-hybridized carbons (Fsp3) is 0.375. The van der Waals surface area contributed by atoms with Crippen LogP contribution in [-0.2, 0) is 11.8 Å². The molecule has 2 heterocycles. The monoisotopic (exact) mass is 283 g/mol. The van der Waals surface area contributed by atoms with Crippen LogP contribution in [0.5, 0.6) is 0 Å². The third kappa shape index (κ3) is 2.00. The van der Waals surface area contributed by atoms with Crippen molar-refractivity contribution in [1.29, 1.82) is 0 Å². The quantitative estimate of drug-likeness (QED) is 0.879. The number of anilines is 1. The number of carbonyl (C=O) groups is 2. The Hall–Kier alpha value is -2.30. The predicted molar refractivity (Wildman–Crippen MR) is 80.1 cm³/mol. The second kappa shape index (κ2) is 4.35. The molecule has 1 aliphatic carbocycles. The van der Waals surface area contributed by atoms with Gasteiger partial charge in [-0.25, -0.2) is 9.69 Å². The number of nitrogens with zero attached hydrogens (tertiary/aromatic N) is 2. The number of urea groups is 1. The van der Waals surface area contributed by atoms with Crippen molar-refractivity contribution in [2.24, 2.45) is 13.0 Å². The number of carbonyl (C=O) groups excluding carboxylic acids is 2. The van der Waals surface area contributed by atoms with Crippen molar-refractivity contribution in [3.8, 4) is 0 Å². The van der Waals surface area contributed by atoms with Crippen LogP contribution in [0.15, 0.2) is 30.5 Å². The highest BCUT2D eigenvalue weighted by Crippen LogP contribution is 2.35. The Morgan fingerprint density at radius 2 is 2.05 bits per heavy atom. The van der Waals surface area contributed by atoms with E-state index < -0.39 is 0 Å². The van der Waals surface area contributed by atoms with Gasteiger partial charge in [-0.1, -0.05) is 18.9 Å². The summed E-state index contributed by atoms with van der Waals surface area (Å²) in [6.07, 6.45) is 5.09. The summed E-state index contributed by atoms with van der Waals surface area (Å²) in [6.45, 7) is 0. The molecule has 1 N–H and O–H groups in total. The van der Waals surface area contributed by atoms with Gasteiger partial charge in [0.25, 0.3) is 5.91 Å². The normalized spacial score (nSPS) is 22.1. The van der Waals surface area contributed by atoms with Crippen molar-refractivity contribution in [3.05, 3.63) is 30.5 Å². The summed E-state index contributed by atoms with van der Waals surface area (Å²) in [7, 11) is 1.95. The minimum atomic E-state index is -0.353. The third-order valence-corrected chi connectivity index (χ3v) is 4.42. The highest BCUT2D eigenvalue weighted by Gasteiger charge is 2.41. The van der Waals surface area contributed by atoms with Crippen molar-refractivity contribution in [2.75, 3.05) is 4.90 Å². The molecule has 4 rings (SSSR count). The Balaban J connectivity index is 1.68. The second-order valence-corrected chi connectivity index (χ2v) is 6.02. The van der Waals surface area contributed by atoms with Gasteiger partial charge in [0, 0.05) is 18.8 Å². The standard InChI is InChI=1S/C16H17N3O2/c1-18-7-6-11-4-5-12(9-14(11)18)19-15(20)13(17-16(19)21)8-10-2-3-10/h4-7,9-10,13H,2-3,8H2,1H3,(H,17,21). The molecule has 1 saturated carbocycles. The number of aromatic nitrogens is 1. The summed E-state index contributed by atoms with van der Waals surface area (Å²) < 4.78 is 1.99. The average molecular weight is 283 g/mol. The largest absolute Gasteiger partial charge is 0.350 e. The number of hydrogen-bond donors (Lipinski definition) is 1. The smallest absolute Gasteiger partial charge is 0.329 e. The van der Waals surface area contributed by atoms with Crippen molar-refractivity contribution in [2.45, 2.75) is 25.3 Å². The van der Waals surface area contributed by atoms with Crippen LogP contribution in [0.25, 0.3) is 10.9 Å². The van der Waals surface area contributed by atoms with Crippen molar-refractivity contribution in [3.63, 3.8) is 0 Å². The van der Waals surface area contributed by atoms with Crippen LogP contribution in [-0.4, -0.2) is 22.5 Å². The lowest BCUT2D eigenvalue weighted by atomic mass is 10.1. The molecular weight excluding hydrogens is 266 g/mol. The van der Waals surface area contributed by atoms with Crippen LogP contribution in [0, 0.1) is 5.92 Å². The first-order chi connectivity index (χ1) is 10.1. The van der Waals surface area contributed by atoms with Crippen LogP contribution >= 0.6 is 0 Å². The summed E-state index contributed by atoms with van der Waals surface area (Å²) in [4.78, 5) is 25.9. The summed E-state index contributed by atoms with van der Waals surface area (Å²) in [5.41, 5.74) is 1.66. The molecule has 1 unspecified atom stereocenters. The zero-order valence-electron chi connectivity index (χ0n) is 11.9. The summed E-state index contributed by atoms with van der Waals surface area (Å²) in [5, 5.41) is 3.91. The Labute approximate surface area is 122 Å². The number of amides is 3. The van der Waals surface area contributed by atoms with E-state index in [-0.39, 0.29) is 18.0 Å². The number of aryl methyl sites for hydroxylation is 1. The molecule has 1 atom stereocenters. The molecule has 108 valence electrons. The van der Waals surface area contributed by atoms with Crippen molar-refractivity contribution in [1.82, 2.24) is 9.88 Å². The zero-order chi connectivity index (χ0) is 14.6. The molecule has 5 heteroatoms. The summed E-state index contributed by atoms with van der Waals surface area (Å²) in [5.74, 6) is 0.481. The minimum absolute atomic E-state index is 0.125. The zero-order valence-corrected chi connectivity index (χ0v) is 11.9. The molecule has 1 aromatic carbocycles. The Kier molecular flexibility index (Phi) is 2.58. The first kappa shape index (κ1) is 12.4. The van der Waals surface area contributed by atoms with Gasteiger partial charge in [0.1, 0.15) is 6.04 Å². The van der Waals surface area contributed by atoms with Gasteiger partial charge in [0.05, 0.1) is 5.69 Å². The molecule has 0 spiro atoms. The van der Waals surface area contributed by atoms with E-state index in [2.05, 4.69) is 5.32 Å². The van der Waals surface area contributed by atoms with Crippen LogP contribution in [0.2, 0.25) is 0 Å². The molecule has 2 aliphatic rings. The molecule has 1 aliphatic heterocycles. The second-order valence-electron chi connectivity index (χ2n) is 6.02. The maximum absolute atomic E-state index is 12.5. The number of fused-ring (bicyclic) bond motifs is 1. The fourth-order valence-corrected chi connectivity index (χ4v) is 3.01. The molecule has 2 fully saturated rings. The molecule has 0 radical (unpaired) electrons. The third-order valence-electron chi connectivity index (χ3n) is 4.42. The number of imide groups is 1. The van der Waals surface area contributed by atoms with Gasteiger partial charge in [0.15, 0.2) is 0 Å². The summed E-state index contributed by atoms with van der Waals surface area (Å²) >= 11 is 0. The first-order valence-corrected chi connectivity index (χ1v) is 7.33. The molecule has 1 aromatic heterocycles. The average Bonchev–Trinajstić information content (AvgIpc) is 3.15. The number of hydrogen-bond acceptors (Lipinski definition) is 2. The van der Waals surface area contributed by atoms with Gasteiger partial charge in [-0.15, -0.1) is 0 Å². The number of rotatable bonds is 3. The van der Waals surface area contributed by atoms with E-state index in [9.17, 15) is 9.59 Å². The summed E-state index contributed by atoms with van der Waals surface area (Å²) in [6, 6.07) is 7.03. The molecular formula is C16H17N3O2. The van der Waals surface area contributed by atoms with Crippen LogP contribution in [0.1, 0.15) is 19.3 Å². The Morgan fingerprint density at radius 1 is 1.24 bits per heavy atom. The molecule has 2 aromatic rings. The van der Waals surface area contributed by atoms with E-state index in [1.54, 1.807) is 0 Å². The molecule has 3 amide bonds. The molecule has 0 bridgehead atoms. The topological polar surface area (TPSA) is 54.3 Å². The van der Waals surface area contributed by atoms with Crippen LogP contribution in [0.3, 0.4) is 0 Å². The van der Waals surface area contributed by atoms with Crippen LogP contribution in [0.4, 0.5) is 10.5 Å². The minimum Gasteiger partial charge on any atom is -0.350 e. The maximum Gasteiger partial charge on any atom is 0.329 e. The van der Waals surface area contributed by atoms with Gasteiger partial charge in [-0.05, 0) is 35.9 Å². The van der Waals surface area contributed by atoms with Gasteiger partial charge in [0.2, 0.25) is 0 Å². The molecule has 1 saturated heterocycles. The van der Waals surface area contributed by atoms with Gasteiger partial charge >= 0.3 is 6.03 Å². The Bertz CT molecular complexity index is 745. The highest BCUT2D eigenvalue weighted by molar-refractivity contribution is 6.21. The van der Waals surface area contributed by atoms with E-state index in [4.69, 9.17) is 0 Å². The van der Waals surface area contributed by atoms with E-state index in [0.717, 1.165) is 17.3 Å². The van der Waals surface area contributed by atoms with Crippen molar-refractivity contribution >= 4 is 28.5 Å². The lowest BCUT2D eigenvalue weighted by Gasteiger charge is -2.13. The van der Waals surface area contributed by atoms with Crippen molar-refractivity contribution < 1.29 is 9.59 Å². The number of nitrogens with one attached hydrogen (secondary N) is 1. The fourth-order valence-electron chi connectivity index (χ4n) is 3.01. The first-order valence-electron chi connectivity index (χ1n) is 7.33. The lowest BCUT2D eigenvalue weighted by molar-refractivity contribution is -0.118. The SMILES string of the molecule is Cn1ccc2ccc(N3C(=O)NC(CC4CC4)C3=O)cc21. The molecule has 21 heavy (non-hydrogen) atoms. The van der Waals surface area contributed by atoms with Gasteiger partial charge in [-0.3, -0.25) is 4.79 Å². The predicted octanol–water partition coefficient (Wildman–Crippen LogP) is 2.40. The number of benzene rings is 1. The highest BCUT2D eigenvalue weighted by atomic mass is 16.2. The van der Waals surface area contributed by atoms with Crippen LogP contribution < -0.4 is 10.2 Å². The lowest BCUT2D eigenvalue weighted by Crippen LogP contribution is -2.31. The maximum atomic E-state index is 12.5. The van der Waals surface area contributed by atoms with E-state index in [1.807, 2.05) is 42.1 Å². The van der Waals surface area contributed by atoms with E-state index in [0.29, 0.717) is 11.6 Å². The van der Waals surface area contributed by atoms with Gasteiger partial charge < -0.3 is 9.88 Å². The molecule has 5 nitrogen and oxygen atoms in total.